The van der Waals surface area contributed by atoms with Gasteiger partial charge in [-0.15, -0.1) is 0 Å². The molecule has 0 aliphatic rings. The Morgan fingerprint density at radius 2 is 1.59 bits per heavy atom. The molecule has 0 radical (unpaired) electrons. The molecule has 0 saturated carbocycles. The molecule has 0 aliphatic heterocycles. The Hall–Kier alpha value is -3.27. The Morgan fingerprint density at radius 1 is 0.926 bits per heavy atom. The summed E-state index contributed by atoms with van der Waals surface area (Å²) in [5.41, 5.74) is 3.96. The van der Waals surface area contributed by atoms with Crippen LogP contribution in [0.4, 0.5) is 11.4 Å². The zero-order chi connectivity index (χ0) is 19.1. The molecule has 0 heterocycles. The van der Waals surface area contributed by atoms with E-state index in [1.54, 1.807) is 7.11 Å². The first-order valence-corrected chi connectivity index (χ1v) is 8.99. The van der Waals surface area contributed by atoms with E-state index in [0.717, 1.165) is 29.1 Å². The predicted molar refractivity (Wildman–Crippen MR) is 110 cm³/mol. The van der Waals surface area contributed by atoms with Crippen LogP contribution in [0.1, 0.15) is 18.1 Å². The minimum Gasteiger partial charge on any atom is -0.496 e. The van der Waals surface area contributed by atoms with E-state index in [4.69, 9.17) is 4.74 Å². The Morgan fingerprint density at radius 3 is 2.26 bits per heavy atom. The lowest BCUT2D eigenvalue weighted by Crippen LogP contribution is -2.31. The second-order valence-corrected chi connectivity index (χ2v) is 6.41. The maximum absolute atomic E-state index is 12.4. The molecule has 0 aliphatic carbocycles. The van der Waals surface area contributed by atoms with Gasteiger partial charge < -0.3 is 15.4 Å². The fraction of sp³-hybridized carbons (Fsp3) is 0.174. The van der Waals surface area contributed by atoms with Crippen LogP contribution in [0.15, 0.2) is 78.9 Å². The van der Waals surface area contributed by atoms with Crippen LogP contribution in [0.3, 0.4) is 0 Å². The highest BCUT2D eigenvalue weighted by molar-refractivity contribution is 5.96. The lowest BCUT2D eigenvalue weighted by atomic mass is 10.0. The van der Waals surface area contributed by atoms with Crippen molar-refractivity contribution in [2.75, 3.05) is 17.7 Å². The molecule has 3 aromatic carbocycles. The van der Waals surface area contributed by atoms with Gasteiger partial charge >= 0.3 is 0 Å². The first kappa shape index (κ1) is 18.5. The van der Waals surface area contributed by atoms with E-state index in [1.165, 1.54) is 5.56 Å². The molecule has 1 unspecified atom stereocenters. The molecule has 4 nitrogen and oxygen atoms in total. The summed E-state index contributed by atoms with van der Waals surface area (Å²) in [4.78, 5) is 12.4. The maximum atomic E-state index is 12.4. The first-order chi connectivity index (χ1) is 13.2. The van der Waals surface area contributed by atoms with Crippen LogP contribution in [0, 0.1) is 0 Å². The number of hydrogen-bond acceptors (Lipinski definition) is 3. The molecule has 0 fully saturated rings. The molecule has 3 aromatic rings. The second kappa shape index (κ2) is 8.90. The zero-order valence-electron chi connectivity index (χ0n) is 15.6. The smallest absolute Gasteiger partial charge is 0.246 e. The molecule has 2 N–H and O–H groups in total. The van der Waals surface area contributed by atoms with Crippen LogP contribution in [0.25, 0.3) is 0 Å². The summed E-state index contributed by atoms with van der Waals surface area (Å²) in [5.74, 6) is 0.757. The van der Waals surface area contributed by atoms with Crippen LogP contribution in [0.2, 0.25) is 0 Å². The third kappa shape index (κ3) is 5.11. The van der Waals surface area contributed by atoms with Gasteiger partial charge in [0.05, 0.1) is 7.11 Å². The summed E-state index contributed by atoms with van der Waals surface area (Å²) in [7, 11) is 1.67. The number of hydrogen-bond donors (Lipinski definition) is 2. The molecule has 0 spiro atoms. The quantitative estimate of drug-likeness (QED) is 0.641. The normalized spacial score (nSPS) is 11.5. The molecule has 3 rings (SSSR count). The van der Waals surface area contributed by atoms with E-state index in [9.17, 15) is 4.79 Å². The second-order valence-electron chi connectivity index (χ2n) is 6.41. The van der Waals surface area contributed by atoms with Gasteiger partial charge in [-0.05, 0) is 42.8 Å². The molecule has 1 amide bonds. The first-order valence-electron chi connectivity index (χ1n) is 8.99. The van der Waals surface area contributed by atoms with Gasteiger partial charge in [0.15, 0.2) is 0 Å². The lowest BCUT2D eigenvalue weighted by Gasteiger charge is -2.17. The SMILES string of the molecule is COc1ccc(NC(C)C(=O)Nc2ccccc2)cc1Cc1ccccc1. The number of nitrogens with one attached hydrogen (secondary N) is 2. The highest BCUT2D eigenvalue weighted by atomic mass is 16.5. The van der Waals surface area contributed by atoms with E-state index in [2.05, 4.69) is 22.8 Å². The number of carbonyl (C=O) groups is 1. The zero-order valence-corrected chi connectivity index (χ0v) is 15.6. The summed E-state index contributed by atoms with van der Waals surface area (Å²) in [5, 5.41) is 6.18. The van der Waals surface area contributed by atoms with Gasteiger partial charge in [-0.25, -0.2) is 0 Å². The van der Waals surface area contributed by atoms with Crippen LogP contribution < -0.4 is 15.4 Å². The molecule has 4 heteroatoms. The largest absolute Gasteiger partial charge is 0.496 e. The predicted octanol–water partition coefficient (Wildman–Crippen LogP) is 4.73. The number of para-hydroxylation sites is 1. The Kier molecular flexibility index (Phi) is 6.10. The van der Waals surface area contributed by atoms with E-state index in [0.29, 0.717) is 0 Å². The van der Waals surface area contributed by atoms with Gasteiger partial charge in [0.25, 0.3) is 0 Å². The number of benzene rings is 3. The third-order valence-electron chi connectivity index (χ3n) is 4.34. The van der Waals surface area contributed by atoms with E-state index >= 15 is 0 Å². The van der Waals surface area contributed by atoms with Crippen LogP contribution in [-0.2, 0) is 11.2 Å². The number of amides is 1. The number of rotatable bonds is 7. The molecule has 0 bridgehead atoms. The van der Waals surface area contributed by atoms with Crippen molar-refractivity contribution in [2.45, 2.75) is 19.4 Å². The summed E-state index contributed by atoms with van der Waals surface area (Å²) < 4.78 is 5.50. The third-order valence-corrected chi connectivity index (χ3v) is 4.34. The monoisotopic (exact) mass is 360 g/mol. The molecular weight excluding hydrogens is 336 g/mol. The minimum absolute atomic E-state index is 0.0818. The van der Waals surface area contributed by atoms with Crippen molar-refractivity contribution in [1.82, 2.24) is 0 Å². The van der Waals surface area contributed by atoms with Crippen molar-refractivity contribution in [3.63, 3.8) is 0 Å². The van der Waals surface area contributed by atoms with E-state index in [-0.39, 0.29) is 11.9 Å². The Balaban J connectivity index is 1.70. The maximum Gasteiger partial charge on any atom is 0.246 e. The molecule has 0 saturated heterocycles. The Labute approximate surface area is 160 Å². The molecule has 0 aromatic heterocycles. The standard InChI is InChI=1S/C23H24N2O2/c1-17(23(26)25-20-11-7-4-8-12-20)24-21-13-14-22(27-2)19(16-21)15-18-9-5-3-6-10-18/h3-14,16-17,24H,15H2,1-2H3,(H,25,26). The van der Waals surface area contributed by atoms with Crippen molar-refractivity contribution in [2.24, 2.45) is 0 Å². The number of methoxy groups -OCH3 is 1. The Bertz CT molecular complexity index is 879. The van der Waals surface area contributed by atoms with Gasteiger partial charge in [0.2, 0.25) is 5.91 Å². The van der Waals surface area contributed by atoms with Crippen LogP contribution in [0.5, 0.6) is 5.75 Å². The van der Waals surface area contributed by atoms with Crippen molar-refractivity contribution in [1.29, 1.82) is 0 Å². The average Bonchev–Trinajstić information content (AvgIpc) is 2.70. The number of ether oxygens (including phenoxy) is 1. The summed E-state index contributed by atoms with van der Waals surface area (Å²) in [6, 6.07) is 25.2. The van der Waals surface area contributed by atoms with Crippen molar-refractivity contribution < 1.29 is 9.53 Å². The van der Waals surface area contributed by atoms with Gasteiger partial charge in [-0.2, -0.15) is 0 Å². The molecule has 1 atom stereocenters. The number of anilines is 2. The van der Waals surface area contributed by atoms with Crippen LogP contribution >= 0.6 is 0 Å². The van der Waals surface area contributed by atoms with E-state index < -0.39 is 0 Å². The van der Waals surface area contributed by atoms with Crippen molar-refractivity contribution in [3.05, 3.63) is 90.0 Å². The highest BCUT2D eigenvalue weighted by Gasteiger charge is 2.14. The van der Waals surface area contributed by atoms with E-state index in [1.807, 2.05) is 73.7 Å². The molecule has 138 valence electrons. The highest BCUT2D eigenvalue weighted by Crippen LogP contribution is 2.25. The lowest BCUT2D eigenvalue weighted by molar-refractivity contribution is -0.116. The topological polar surface area (TPSA) is 50.4 Å². The fourth-order valence-electron chi connectivity index (χ4n) is 2.91. The average molecular weight is 360 g/mol. The van der Waals surface area contributed by atoms with Gasteiger partial charge in [-0.1, -0.05) is 48.5 Å². The van der Waals surface area contributed by atoms with Crippen molar-refractivity contribution >= 4 is 17.3 Å². The molecular formula is C23H24N2O2. The van der Waals surface area contributed by atoms with Crippen LogP contribution in [-0.4, -0.2) is 19.1 Å². The van der Waals surface area contributed by atoms with Crippen molar-refractivity contribution in [3.8, 4) is 5.75 Å². The van der Waals surface area contributed by atoms with Gasteiger partial charge in [-0.3, -0.25) is 4.79 Å². The minimum atomic E-state index is -0.372. The summed E-state index contributed by atoms with van der Waals surface area (Å²) >= 11 is 0. The molecule has 27 heavy (non-hydrogen) atoms. The van der Waals surface area contributed by atoms with Gasteiger partial charge in [0.1, 0.15) is 11.8 Å². The number of carbonyl (C=O) groups excluding carboxylic acids is 1. The summed E-state index contributed by atoms with van der Waals surface area (Å²) in [6.45, 7) is 1.85. The fourth-order valence-corrected chi connectivity index (χ4v) is 2.91. The summed E-state index contributed by atoms with van der Waals surface area (Å²) in [6.07, 6.45) is 0.768. The van der Waals surface area contributed by atoms with Gasteiger partial charge in [0, 0.05) is 23.4 Å².